The number of nitrogens with zero attached hydrogens (tertiary/aromatic N) is 3. The Morgan fingerprint density at radius 1 is 1.31 bits per heavy atom. The molecule has 1 atom stereocenters. The number of aromatic nitrogens is 3. The minimum absolute atomic E-state index is 0.0458. The summed E-state index contributed by atoms with van der Waals surface area (Å²) in [6.07, 6.45) is 3.42. The van der Waals surface area contributed by atoms with Gasteiger partial charge in [-0.2, -0.15) is 0 Å². The smallest absolute Gasteiger partial charge is 0.223 e. The van der Waals surface area contributed by atoms with Crippen molar-refractivity contribution >= 4 is 5.95 Å². The Hall–Kier alpha value is -1.91. The molecule has 2 rings (SSSR count). The quantitative estimate of drug-likeness (QED) is 0.856. The normalized spacial score (nSPS) is 12.4. The summed E-state index contributed by atoms with van der Waals surface area (Å²) >= 11 is 0. The number of hydrogen-bond donors (Lipinski definition) is 1. The highest BCUT2D eigenvalue weighted by Crippen LogP contribution is 2.16. The van der Waals surface area contributed by atoms with Gasteiger partial charge in [-0.15, -0.1) is 0 Å². The summed E-state index contributed by atoms with van der Waals surface area (Å²) in [7, 11) is 0. The summed E-state index contributed by atoms with van der Waals surface area (Å²) in [5, 5.41) is 3.13. The molecule has 0 aliphatic heterocycles. The van der Waals surface area contributed by atoms with Gasteiger partial charge in [0.25, 0.3) is 0 Å². The van der Waals surface area contributed by atoms with Crippen LogP contribution in [0, 0.1) is 13.8 Å². The molecule has 84 valence electrons. The van der Waals surface area contributed by atoms with E-state index in [0.717, 1.165) is 11.5 Å². The van der Waals surface area contributed by atoms with Gasteiger partial charge in [-0.25, -0.2) is 15.0 Å². The van der Waals surface area contributed by atoms with Crippen molar-refractivity contribution in [1.82, 2.24) is 15.0 Å². The Balaban J connectivity index is 2.10. The van der Waals surface area contributed by atoms with Gasteiger partial charge < -0.3 is 9.73 Å². The lowest BCUT2D eigenvalue weighted by Gasteiger charge is -2.09. The standard InChI is InChI=1S/C11H14N4O/c1-7-4-5-12-11(14-7)15-9(3)10-13-6-8(2)16-10/h4-6,9H,1-3H3,(H,12,14,15). The van der Waals surface area contributed by atoms with E-state index in [-0.39, 0.29) is 6.04 Å². The van der Waals surface area contributed by atoms with Crippen molar-refractivity contribution in [2.45, 2.75) is 26.8 Å². The van der Waals surface area contributed by atoms with Gasteiger partial charge >= 0.3 is 0 Å². The molecule has 0 fully saturated rings. The number of oxazole rings is 1. The molecule has 0 aliphatic rings. The molecule has 2 aromatic heterocycles. The lowest BCUT2D eigenvalue weighted by Crippen LogP contribution is -2.09. The molecule has 0 spiro atoms. The average Bonchev–Trinajstić information content (AvgIpc) is 2.65. The van der Waals surface area contributed by atoms with E-state index in [1.165, 1.54) is 0 Å². The van der Waals surface area contributed by atoms with Crippen molar-refractivity contribution in [3.8, 4) is 0 Å². The third kappa shape index (κ3) is 2.36. The SMILES string of the molecule is Cc1ccnc(NC(C)c2ncc(C)o2)n1. The van der Waals surface area contributed by atoms with Crippen LogP contribution in [0.5, 0.6) is 0 Å². The van der Waals surface area contributed by atoms with Crippen LogP contribution in [0.25, 0.3) is 0 Å². The van der Waals surface area contributed by atoms with Crippen molar-refractivity contribution in [3.63, 3.8) is 0 Å². The second kappa shape index (κ2) is 4.30. The minimum Gasteiger partial charge on any atom is -0.444 e. The molecule has 1 N–H and O–H groups in total. The van der Waals surface area contributed by atoms with Crippen LogP contribution in [-0.2, 0) is 0 Å². The summed E-state index contributed by atoms with van der Waals surface area (Å²) in [4.78, 5) is 12.5. The van der Waals surface area contributed by atoms with Gasteiger partial charge in [-0.05, 0) is 26.8 Å². The zero-order valence-electron chi connectivity index (χ0n) is 9.56. The molecule has 16 heavy (non-hydrogen) atoms. The average molecular weight is 218 g/mol. The fourth-order valence-corrected chi connectivity index (χ4v) is 1.35. The Morgan fingerprint density at radius 3 is 2.75 bits per heavy atom. The molecule has 0 amide bonds. The first-order valence-corrected chi connectivity index (χ1v) is 5.13. The van der Waals surface area contributed by atoms with Gasteiger partial charge in [0.2, 0.25) is 11.8 Å². The summed E-state index contributed by atoms with van der Waals surface area (Å²) in [5.41, 5.74) is 0.924. The minimum atomic E-state index is -0.0458. The van der Waals surface area contributed by atoms with Gasteiger partial charge in [0.1, 0.15) is 11.8 Å². The van der Waals surface area contributed by atoms with Gasteiger partial charge in [-0.1, -0.05) is 0 Å². The van der Waals surface area contributed by atoms with Crippen molar-refractivity contribution in [2.75, 3.05) is 5.32 Å². The molecule has 5 nitrogen and oxygen atoms in total. The van der Waals surface area contributed by atoms with Crippen LogP contribution in [0.4, 0.5) is 5.95 Å². The van der Waals surface area contributed by atoms with Gasteiger partial charge in [0.05, 0.1) is 6.20 Å². The fraction of sp³-hybridized carbons (Fsp3) is 0.364. The highest BCUT2D eigenvalue weighted by Gasteiger charge is 2.11. The number of anilines is 1. The summed E-state index contributed by atoms with van der Waals surface area (Å²) in [6.45, 7) is 5.75. The van der Waals surface area contributed by atoms with E-state index in [9.17, 15) is 0 Å². The predicted molar refractivity (Wildman–Crippen MR) is 60.0 cm³/mol. The van der Waals surface area contributed by atoms with Crippen LogP contribution in [0.1, 0.15) is 30.3 Å². The zero-order chi connectivity index (χ0) is 11.5. The van der Waals surface area contributed by atoms with Crippen molar-refractivity contribution in [1.29, 1.82) is 0 Å². The maximum absolute atomic E-state index is 5.42. The number of aryl methyl sites for hydroxylation is 2. The molecule has 0 bridgehead atoms. The number of rotatable bonds is 3. The van der Waals surface area contributed by atoms with Crippen LogP contribution in [0.2, 0.25) is 0 Å². The Bertz CT molecular complexity index is 480. The molecular weight excluding hydrogens is 204 g/mol. The Morgan fingerprint density at radius 2 is 2.12 bits per heavy atom. The van der Waals surface area contributed by atoms with Crippen LogP contribution in [-0.4, -0.2) is 15.0 Å². The first kappa shape index (κ1) is 10.6. The van der Waals surface area contributed by atoms with E-state index in [4.69, 9.17) is 4.42 Å². The first-order valence-electron chi connectivity index (χ1n) is 5.13. The second-order valence-electron chi connectivity index (χ2n) is 3.70. The van der Waals surface area contributed by atoms with Crippen LogP contribution in [0.15, 0.2) is 22.9 Å². The largest absolute Gasteiger partial charge is 0.444 e. The molecule has 1 unspecified atom stereocenters. The monoisotopic (exact) mass is 218 g/mol. The van der Waals surface area contributed by atoms with Crippen molar-refractivity contribution in [3.05, 3.63) is 35.8 Å². The van der Waals surface area contributed by atoms with E-state index in [1.807, 2.05) is 26.8 Å². The summed E-state index contributed by atoms with van der Waals surface area (Å²) in [6, 6.07) is 1.81. The number of hydrogen-bond acceptors (Lipinski definition) is 5. The van der Waals surface area contributed by atoms with E-state index in [2.05, 4.69) is 20.3 Å². The molecule has 2 aromatic rings. The van der Waals surface area contributed by atoms with Crippen LogP contribution >= 0.6 is 0 Å². The first-order chi connectivity index (χ1) is 7.65. The van der Waals surface area contributed by atoms with Crippen LogP contribution in [0.3, 0.4) is 0 Å². The molecule has 0 aliphatic carbocycles. The Labute approximate surface area is 94.0 Å². The van der Waals surface area contributed by atoms with Crippen molar-refractivity contribution < 1.29 is 4.42 Å². The van der Waals surface area contributed by atoms with Gasteiger partial charge in [-0.3, -0.25) is 0 Å². The summed E-state index contributed by atoms with van der Waals surface area (Å²) in [5.74, 6) is 2.03. The van der Waals surface area contributed by atoms with Gasteiger partial charge in [0, 0.05) is 11.9 Å². The molecule has 5 heteroatoms. The maximum atomic E-state index is 5.42. The summed E-state index contributed by atoms with van der Waals surface area (Å²) < 4.78 is 5.42. The van der Waals surface area contributed by atoms with E-state index >= 15 is 0 Å². The fourth-order valence-electron chi connectivity index (χ4n) is 1.35. The zero-order valence-corrected chi connectivity index (χ0v) is 9.56. The third-order valence-electron chi connectivity index (χ3n) is 2.15. The Kier molecular flexibility index (Phi) is 2.85. The van der Waals surface area contributed by atoms with E-state index in [1.54, 1.807) is 12.4 Å². The highest BCUT2D eigenvalue weighted by molar-refractivity contribution is 5.27. The molecule has 0 radical (unpaired) electrons. The van der Waals surface area contributed by atoms with Crippen LogP contribution < -0.4 is 5.32 Å². The molecular formula is C11H14N4O. The maximum Gasteiger partial charge on any atom is 0.223 e. The topological polar surface area (TPSA) is 63.8 Å². The lowest BCUT2D eigenvalue weighted by molar-refractivity contribution is 0.453. The highest BCUT2D eigenvalue weighted by atomic mass is 16.4. The molecule has 0 aromatic carbocycles. The molecule has 0 saturated heterocycles. The number of nitrogens with one attached hydrogen (secondary N) is 1. The predicted octanol–water partition coefficient (Wildman–Crippen LogP) is 2.25. The van der Waals surface area contributed by atoms with Crippen molar-refractivity contribution in [2.24, 2.45) is 0 Å². The lowest BCUT2D eigenvalue weighted by atomic mass is 10.3. The van der Waals surface area contributed by atoms with E-state index < -0.39 is 0 Å². The van der Waals surface area contributed by atoms with Gasteiger partial charge in [0.15, 0.2) is 0 Å². The second-order valence-corrected chi connectivity index (χ2v) is 3.70. The molecule has 0 saturated carbocycles. The van der Waals surface area contributed by atoms with E-state index in [0.29, 0.717) is 11.8 Å². The molecule has 2 heterocycles. The third-order valence-corrected chi connectivity index (χ3v) is 2.15.